The van der Waals surface area contributed by atoms with E-state index in [1.165, 1.54) is 0 Å². The maximum Gasteiger partial charge on any atom is 0.425 e. The summed E-state index contributed by atoms with van der Waals surface area (Å²) < 4.78 is 10.9. The van der Waals surface area contributed by atoms with Gasteiger partial charge < -0.3 is 9.47 Å². The van der Waals surface area contributed by atoms with E-state index in [0.717, 1.165) is 16.0 Å². The number of imide groups is 1. The van der Waals surface area contributed by atoms with Crippen LogP contribution in [0.4, 0.5) is 9.59 Å². The summed E-state index contributed by atoms with van der Waals surface area (Å²) >= 11 is 0. The molecule has 2 amide bonds. The number of nitrogens with zero attached hydrogens (tertiary/aromatic N) is 1. The van der Waals surface area contributed by atoms with Gasteiger partial charge in [0.15, 0.2) is 0 Å². The number of amides is 2. The van der Waals surface area contributed by atoms with Crippen LogP contribution in [0, 0.1) is 6.92 Å². The second-order valence-corrected chi connectivity index (χ2v) is 6.83. The number of aryl methyl sites for hydroxylation is 1. The molecule has 1 heterocycles. The van der Waals surface area contributed by atoms with Gasteiger partial charge in [0.05, 0.1) is 0 Å². The van der Waals surface area contributed by atoms with E-state index >= 15 is 0 Å². The van der Waals surface area contributed by atoms with E-state index in [2.05, 4.69) is 0 Å². The molecule has 1 saturated heterocycles. The predicted octanol–water partition coefficient (Wildman–Crippen LogP) is 4.64. The number of hydrogen-bond donors (Lipinski definition) is 0. The smallest absolute Gasteiger partial charge is 0.425 e. The molecule has 0 bridgehead atoms. The molecule has 0 aliphatic carbocycles. The van der Waals surface area contributed by atoms with Crippen molar-refractivity contribution in [1.82, 2.24) is 4.90 Å². The lowest BCUT2D eigenvalue weighted by atomic mass is 9.78. The Labute approximate surface area is 147 Å². The largest absolute Gasteiger partial charge is 0.440 e. The minimum atomic E-state index is -0.993. The Morgan fingerprint density at radius 1 is 1.00 bits per heavy atom. The second kappa shape index (κ2) is 5.92. The van der Waals surface area contributed by atoms with Crippen molar-refractivity contribution in [1.29, 1.82) is 0 Å². The van der Waals surface area contributed by atoms with Crippen LogP contribution in [-0.2, 0) is 10.3 Å². The lowest BCUT2D eigenvalue weighted by Crippen LogP contribution is -2.53. The van der Waals surface area contributed by atoms with E-state index in [1.54, 1.807) is 26.0 Å². The molecule has 1 aliphatic heterocycles. The lowest BCUT2D eigenvalue weighted by molar-refractivity contribution is 0.0242. The fourth-order valence-corrected chi connectivity index (χ4v) is 3.06. The van der Waals surface area contributed by atoms with Crippen LogP contribution in [-0.4, -0.2) is 22.7 Å². The summed E-state index contributed by atoms with van der Waals surface area (Å²) in [7, 11) is 0. The molecular weight excluding hydrogens is 318 g/mol. The summed E-state index contributed by atoms with van der Waals surface area (Å²) in [5, 5.41) is 0. The average molecular weight is 339 g/mol. The molecule has 130 valence electrons. The number of hydrogen-bond acceptors (Lipinski definition) is 4. The quantitative estimate of drug-likeness (QED) is 0.800. The third-order valence-electron chi connectivity index (χ3n) is 4.89. The summed E-state index contributed by atoms with van der Waals surface area (Å²) in [5.41, 5.74) is -0.0486. The monoisotopic (exact) mass is 339 g/mol. The molecule has 2 aromatic carbocycles. The highest BCUT2D eigenvalue weighted by Crippen LogP contribution is 2.46. The van der Waals surface area contributed by atoms with Crippen molar-refractivity contribution in [2.75, 3.05) is 0 Å². The Bertz CT molecular complexity index is 798. The third kappa shape index (κ3) is 2.76. The maximum atomic E-state index is 12.8. The molecule has 2 aromatic rings. The highest BCUT2D eigenvalue weighted by atomic mass is 16.6. The zero-order valence-corrected chi connectivity index (χ0v) is 14.8. The fourth-order valence-electron chi connectivity index (χ4n) is 3.06. The minimum Gasteiger partial charge on any atom is -0.440 e. The van der Waals surface area contributed by atoms with Gasteiger partial charge in [-0.2, -0.15) is 4.90 Å². The van der Waals surface area contributed by atoms with E-state index in [-0.39, 0.29) is 0 Å². The lowest BCUT2D eigenvalue weighted by Gasteiger charge is -2.38. The van der Waals surface area contributed by atoms with Gasteiger partial charge in [0.25, 0.3) is 0 Å². The van der Waals surface area contributed by atoms with Gasteiger partial charge in [-0.15, -0.1) is 0 Å². The molecule has 3 rings (SSSR count). The van der Waals surface area contributed by atoms with Crippen LogP contribution >= 0.6 is 0 Å². The van der Waals surface area contributed by atoms with Crippen molar-refractivity contribution in [2.45, 2.75) is 38.8 Å². The maximum absolute atomic E-state index is 12.8. The van der Waals surface area contributed by atoms with Crippen LogP contribution in [0.3, 0.4) is 0 Å². The van der Waals surface area contributed by atoms with Gasteiger partial charge in [-0.25, -0.2) is 9.59 Å². The fraction of sp³-hybridized carbons (Fsp3) is 0.300. The molecule has 0 spiro atoms. The van der Waals surface area contributed by atoms with E-state index in [4.69, 9.17) is 9.47 Å². The molecule has 0 unspecified atom stereocenters. The molecule has 5 nitrogen and oxygen atoms in total. The zero-order chi connectivity index (χ0) is 18.2. The standard InChI is InChI=1S/C20H21NO4/c1-14-10-12-16(13-11-14)24-17(22)21-18(23)25-19(2,3)20(21,4)15-8-6-5-7-9-15/h5-13H,1-4H3/t20-/m0/s1. The summed E-state index contributed by atoms with van der Waals surface area (Å²) in [5.74, 6) is 0.378. The zero-order valence-electron chi connectivity index (χ0n) is 14.8. The predicted molar refractivity (Wildman–Crippen MR) is 93.4 cm³/mol. The van der Waals surface area contributed by atoms with Gasteiger partial charge in [-0.1, -0.05) is 48.0 Å². The Balaban J connectivity index is 1.98. The number of cyclic esters (lactones) is 1. The molecule has 0 aromatic heterocycles. The third-order valence-corrected chi connectivity index (χ3v) is 4.89. The Morgan fingerprint density at radius 3 is 2.20 bits per heavy atom. The van der Waals surface area contributed by atoms with Crippen LogP contribution in [0.2, 0.25) is 0 Å². The Kier molecular flexibility index (Phi) is 4.03. The van der Waals surface area contributed by atoms with Crippen molar-refractivity contribution in [3.63, 3.8) is 0 Å². The second-order valence-electron chi connectivity index (χ2n) is 6.83. The number of carbonyl (C=O) groups excluding carboxylic acids is 2. The SMILES string of the molecule is Cc1ccc(OC(=O)N2C(=O)OC(C)(C)[C@]2(C)c2ccccc2)cc1. The normalized spacial score (nSPS) is 21.8. The average Bonchev–Trinajstić information content (AvgIpc) is 2.76. The van der Waals surface area contributed by atoms with E-state index in [1.807, 2.05) is 56.3 Å². The molecule has 1 fully saturated rings. The molecule has 5 heteroatoms. The van der Waals surface area contributed by atoms with Crippen molar-refractivity contribution in [2.24, 2.45) is 0 Å². The van der Waals surface area contributed by atoms with Crippen LogP contribution in [0.1, 0.15) is 31.9 Å². The molecule has 0 saturated carbocycles. The molecule has 0 radical (unpaired) electrons. The van der Waals surface area contributed by atoms with E-state index in [9.17, 15) is 9.59 Å². The van der Waals surface area contributed by atoms with Crippen molar-refractivity contribution in [3.05, 3.63) is 65.7 Å². The molecule has 0 N–H and O–H groups in total. The van der Waals surface area contributed by atoms with Gasteiger partial charge in [-0.05, 0) is 45.4 Å². The Morgan fingerprint density at radius 2 is 1.60 bits per heavy atom. The summed E-state index contributed by atoms with van der Waals surface area (Å²) in [6.45, 7) is 7.33. The first-order valence-corrected chi connectivity index (χ1v) is 8.13. The van der Waals surface area contributed by atoms with Crippen LogP contribution < -0.4 is 4.74 Å². The Hall–Kier alpha value is -2.82. The molecule has 1 atom stereocenters. The first-order valence-electron chi connectivity index (χ1n) is 8.13. The number of rotatable bonds is 2. The van der Waals surface area contributed by atoms with Gasteiger partial charge in [0.1, 0.15) is 16.9 Å². The first kappa shape index (κ1) is 17.0. The van der Waals surface area contributed by atoms with Crippen LogP contribution in [0.15, 0.2) is 54.6 Å². The first-order chi connectivity index (χ1) is 11.8. The van der Waals surface area contributed by atoms with Gasteiger partial charge in [-0.3, -0.25) is 0 Å². The van der Waals surface area contributed by atoms with Gasteiger partial charge in [0.2, 0.25) is 0 Å². The van der Waals surface area contributed by atoms with Gasteiger partial charge >= 0.3 is 12.2 Å². The summed E-state index contributed by atoms with van der Waals surface area (Å²) in [6, 6.07) is 16.4. The number of benzene rings is 2. The van der Waals surface area contributed by atoms with Crippen LogP contribution in [0.5, 0.6) is 5.75 Å². The van der Waals surface area contributed by atoms with E-state index < -0.39 is 23.3 Å². The minimum absolute atomic E-state index is 0.378. The molecule has 1 aliphatic rings. The van der Waals surface area contributed by atoms with E-state index in [0.29, 0.717) is 5.75 Å². The highest BCUT2D eigenvalue weighted by molar-refractivity contribution is 5.92. The van der Waals surface area contributed by atoms with Crippen molar-refractivity contribution < 1.29 is 19.1 Å². The van der Waals surface area contributed by atoms with Crippen LogP contribution in [0.25, 0.3) is 0 Å². The summed E-state index contributed by atoms with van der Waals surface area (Å²) in [4.78, 5) is 26.3. The summed E-state index contributed by atoms with van der Waals surface area (Å²) in [6.07, 6.45) is -1.47. The van der Waals surface area contributed by atoms with Gasteiger partial charge in [0, 0.05) is 0 Å². The van der Waals surface area contributed by atoms with Crippen molar-refractivity contribution in [3.8, 4) is 5.75 Å². The number of carbonyl (C=O) groups is 2. The molecular formula is C20H21NO4. The highest BCUT2D eigenvalue weighted by Gasteiger charge is 2.61. The molecule has 25 heavy (non-hydrogen) atoms. The number of ether oxygens (including phenoxy) is 2. The topological polar surface area (TPSA) is 55.8 Å². The van der Waals surface area contributed by atoms with Crippen molar-refractivity contribution >= 4 is 12.2 Å².